The molecule has 1 aromatic carbocycles. The number of para-hydroxylation sites is 1. The highest BCUT2D eigenvalue weighted by Crippen LogP contribution is 2.25. The Hall–Kier alpha value is -1.59. The van der Waals surface area contributed by atoms with E-state index in [1.165, 1.54) is 11.3 Å². The number of hydrogen-bond donors (Lipinski definition) is 1. The normalized spacial score (nSPS) is 18.3. The van der Waals surface area contributed by atoms with Gasteiger partial charge in [0.1, 0.15) is 0 Å². The lowest BCUT2D eigenvalue weighted by molar-refractivity contribution is -0.132. The second-order valence-electron chi connectivity index (χ2n) is 5.55. The molecular formula is C16H25N3O2. The Morgan fingerprint density at radius 2 is 2.19 bits per heavy atom. The molecule has 0 radical (unpaired) electrons. The molecule has 2 rings (SSSR count). The van der Waals surface area contributed by atoms with Gasteiger partial charge in [0.25, 0.3) is 0 Å². The number of carbonyl (C=O) groups excluding carboxylic acids is 1. The predicted molar refractivity (Wildman–Crippen MR) is 84.5 cm³/mol. The third-order valence-electron chi connectivity index (χ3n) is 3.89. The van der Waals surface area contributed by atoms with E-state index in [1.54, 1.807) is 7.11 Å². The molecular weight excluding hydrogens is 266 g/mol. The standard InChI is InChI=1S/C16H25N3O2/c1-13-11-18(2)15-7-5-4-6-14(15)12-19(13)16(20)10-17-8-9-21-3/h4-7,13,17H,8-12H2,1-3H3/t13-/m1/s1. The molecule has 0 fully saturated rings. The lowest BCUT2D eigenvalue weighted by atomic mass is 10.1. The van der Waals surface area contributed by atoms with Crippen LogP contribution in [0.4, 0.5) is 5.69 Å². The third kappa shape index (κ3) is 3.95. The van der Waals surface area contributed by atoms with Crippen molar-refractivity contribution in [3.63, 3.8) is 0 Å². The van der Waals surface area contributed by atoms with Crippen LogP contribution in [0, 0.1) is 0 Å². The summed E-state index contributed by atoms with van der Waals surface area (Å²) in [6.45, 7) is 5.30. The van der Waals surface area contributed by atoms with Crippen LogP contribution in [0.1, 0.15) is 12.5 Å². The van der Waals surface area contributed by atoms with Crippen molar-refractivity contribution >= 4 is 11.6 Å². The average Bonchev–Trinajstić information content (AvgIpc) is 2.61. The van der Waals surface area contributed by atoms with Crippen LogP contribution in [0.2, 0.25) is 0 Å². The van der Waals surface area contributed by atoms with Gasteiger partial charge in [0, 0.05) is 45.5 Å². The van der Waals surface area contributed by atoms with Crippen molar-refractivity contribution in [1.29, 1.82) is 0 Å². The number of ether oxygens (including phenoxy) is 1. The first-order chi connectivity index (χ1) is 10.1. The molecule has 5 heteroatoms. The monoisotopic (exact) mass is 291 g/mol. The zero-order chi connectivity index (χ0) is 15.2. The summed E-state index contributed by atoms with van der Waals surface area (Å²) in [6, 6.07) is 8.49. The number of rotatable bonds is 5. The van der Waals surface area contributed by atoms with Gasteiger partial charge in [-0.25, -0.2) is 0 Å². The molecule has 0 spiro atoms. The summed E-state index contributed by atoms with van der Waals surface area (Å²) >= 11 is 0. The van der Waals surface area contributed by atoms with E-state index in [-0.39, 0.29) is 11.9 Å². The fourth-order valence-corrected chi connectivity index (χ4v) is 2.75. The molecule has 1 N–H and O–H groups in total. The summed E-state index contributed by atoms with van der Waals surface area (Å²) in [7, 11) is 3.74. The molecule has 0 saturated carbocycles. The number of nitrogens with zero attached hydrogens (tertiary/aromatic N) is 2. The molecule has 1 amide bonds. The van der Waals surface area contributed by atoms with Gasteiger partial charge in [-0.15, -0.1) is 0 Å². The number of likely N-dealkylation sites (N-methyl/N-ethyl adjacent to an activating group) is 1. The van der Waals surface area contributed by atoms with E-state index in [2.05, 4.69) is 36.3 Å². The first-order valence-corrected chi connectivity index (χ1v) is 7.41. The topological polar surface area (TPSA) is 44.8 Å². The van der Waals surface area contributed by atoms with Gasteiger partial charge >= 0.3 is 0 Å². The van der Waals surface area contributed by atoms with Gasteiger partial charge in [-0.1, -0.05) is 18.2 Å². The van der Waals surface area contributed by atoms with E-state index in [0.29, 0.717) is 26.2 Å². The number of amides is 1. The van der Waals surface area contributed by atoms with Crippen LogP contribution >= 0.6 is 0 Å². The predicted octanol–water partition coefficient (Wildman–Crippen LogP) is 1.09. The van der Waals surface area contributed by atoms with Crippen LogP contribution in [0.3, 0.4) is 0 Å². The molecule has 0 aliphatic carbocycles. The molecule has 1 aromatic rings. The van der Waals surface area contributed by atoms with Crippen LogP contribution in [0.25, 0.3) is 0 Å². The molecule has 0 saturated heterocycles. The minimum atomic E-state index is 0.142. The fourth-order valence-electron chi connectivity index (χ4n) is 2.75. The number of nitrogens with one attached hydrogen (secondary N) is 1. The van der Waals surface area contributed by atoms with Crippen LogP contribution in [-0.2, 0) is 16.1 Å². The second kappa shape index (κ2) is 7.43. The summed E-state index contributed by atoms with van der Waals surface area (Å²) in [5, 5.41) is 3.13. The zero-order valence-corrected chi connectivity index (χ0v) is 13.1. The molecule has 116 valence electrons. The Morgan fingerprint density at radius 3 is 2.95 bits per heavy atom. The van der Waals surface area contributed by atoms with Crippen molar-refractivity contribution in [2.24, 2.45) is 0 Å². The molecule has 0 bridgehead atoms. The van der Waals surface area contributed by atoms with Crippen LogP contribution in [0.5, 0.6) is 0 Å². The molecule has 21 heavy (non-hydrogen) atoms. The number of fused-ring (bicyclic) bond motifs is 1. The van der Waals surface area contributed by atoms with Gasteiger partial charge in [-0.3, -0.25) is 4.79 Å². The highest BCUT2D eigenvalue weighted by atomic mass is 16.5. The van der Waals surface area contributed by atoms with E-state index < -0.39 is 0 Å². The Morgan fingerprint density at radius 1 is 1.43 bits per heavy atom. The zero-order valence-electron chi connectivity index (χ0n) is 13.1. The average molecular weight is 291 g/mol. The van der Waals surface area contributed by atoms with Gasteiger partial charge in [-0.05, 0) is 18.6 Å². The maximum Gasteiger partial charge on any atom is 0.237 e. The number of methoxy groups -OCH3 is 1. The summed E-state index contributed by atoms with van der Waals surface area (Å²) in [6.07, 6.45) is 0. The summed E-state index contributed by atoms with van der Waals surface area (Å²) in [5.41, 5.74) is 2.42. The van der Waals surface area contributed by atoms with Crippen molar-refractivity contribution < 1.29 is 9.53 Å². The molecule has 1 aliphatic rings. The minimum Gasteiger partial charge on any atom is -0.383 e. The molecule has 5 nitrogen and oxygen atoms in total. The number of benzene rings is 1. The van der Waals surface area contributed by atoms with Gasteiger partial charge in [0.2, 0.25) is 5.91 Å². The molecule has 1 heterocycles. The Balaban J connectivity index is 2.04. The SMILES string of the molecule is COCCNCC(=O)N1Cc2ccccc2N(C)C[C@H]1C. The van der Waals surface area contributed by atoms with Crippen molar-refractivity contribution in [2.75, 3.05) is 45.3 Å². The largest absolute Gasteiger partial charge is 0.383 e. The summed E-state index contributed by atoms with van der Waals surface area (Å²) in [4.78, 5) is 16.6. The van der Waals surface area contributed by atoms with Crippen molar-refractivity contribution in [1.82, 2.24) is 10.2 Å². The fraction of sp³-hybridized carbons (Fsp3) is 0.562. The van der Waals surface area contributed by atoms with Crippen LogP contribution in [0.15, 0.2) is 24.3 Å². The number of anilines is 1. The highest BCUT2D eigenvalue weighted by Gasteiger charge is 2.26. The highest BCUT2D eigenvalue weighted by molar-refractivity contribution is 5.79. The van der Waals surface area contributed by atoms with E-state index in [4.69, 9.17) is 4.74 Å². The molecule has 1 atom stereocenters. The summed E-state index contributed by atoms with van der Waals surface area (Å²) < 4.78 is 4.98. The van der Waals surface area contributed by atoms with Crippen LogP contribution < -0.4 is 10.2 Å². The third-order valence-corrected chi connectivity index (χ3v) is 3.89. The first kappa shape index (κ1) is 15.8. The maximum atomic E-state index is 12.4. The van der Waals surface area contributed by atoms with Gasteiger partial charge in [-0.2, -0.15) is 0 Å². The quantitative estimate of drug-likeness (QED) is 0.825. The summed E-state index contributed by atoms with van der Waals surface area (Å²) in [5.74, 6) is 0.142. The van der Waals surface area contributed by atoms with Gasteiger partial charge in [0.15, 0.2) is 0 Å². The Kier molecular flexibility index (Phi) is 5.59. The van der Waals surface area contributed by atoms with E-state index in [0.717, 1.165) is 6.54 Å². The van der Waals surface area contributed by atoms with Gasteiger partial charge in [0.05, 0.1) is 13.2 Å². The molecule has 1 aliphatic heterocycles. The molecule has 0 unspecified atom stereocenters. The lowest BCUT2D eigenvalue weighted by Gasteiger charge is -2.28. The van der Waals surface area contributed by atoms with Crippen molar-refractivity contribution in [3.8, 4) is 0 Å². The molecule has 0 aromatic heterocycles. The second-order valence-corrected chi connectivity index (χ2v) is 5.55. The first-order valence-electron chi connectivity index (χ1n) is 7.41. The van der Waals surface area contributed by atoms with E-state index >= 15 is 0 Å². The van der Waals surface area contributed by atoms with Crippen molar-refractivity contribution in [3.05, 3.63) is 29.8 Å². The number of hydrogen-bond acceptors (Lipinski definition) is 4. The Labute approximate surface area is 126 Å². The lowest BCUT2D eigenvalue weighted by Crippen LogP contribution is -2.45. The van der Waals surface area contributed by atoms with Crippen LogP contribution in [-0.4, -0.2) is 57.2 Å². The number of carbonyl (C=O) groups is 1. The maximum absolute atomic E-state index is 12.4. The van der Waals surface area contributed by atoms with Gasteiger partial charge < -0.3 is 19.9 Å². The Bertz CT molecular complexity index is 478. The minimum absolute atomic E-state index is 0.142. The van der Waals surface area contributed by atoms with E-state index in [1.807, 2.05) is 17.0 Å². The van der Waals surface area contributed by atoms with E-state index in [9.17, 15) is 4.79 Å². The smallest absolute Gasteiger partial charge is 0.237 e. The van der Waals surface area contributed by atoms with Crippen molar-refractivity contribution in [2.45, 2.75) is 19.5 Å².